The van der Waals surface area contributed by atoms with Crippen molar-refractivity contribution in [3.8, 4) is 0 Å². The fraction of sp³-hybridized carbons (Fsp3) is 0.364. The van der Waals surface area contributed by atoms with E-state index in [0.717, 1.165) is 24.4 Å². The summed E-state index contributed by atoms with van der Waals surface area (Å²) in [5, 5.41) is 8.09. The van der Waals surface area contributed by atoms with Gasteiger partial charge >= 0.3 is 0 Å². The summed E-state index contributed by atoms with van der Waals surface area (Å²) in [4.78, 5) is 12.4. The lowest BCUT2D eigenvalue weighted by atomic mass is 10.1. The molecule has 0 aromatic carbocycles. The van der Waals surface area contributed by atoms with Crippen LogP contribution in [-0.2, 0) is 0 Å². The number of thiophene rings is 1. The zero-order valence-corrected chi connectivity index (χ0v) is 10.5. The van der Waals surface area contributed by atoms with Crippen LogP contribution < -0.4 is 10.6 Å². The van der Waals surface area contributed by atoms with E-state index in [1.54, 1.807) is 0 Å². The van der Waals surface area contributed by atoms with Crippen LogP contribution in [0.5, 0.6) is 0 Å². The van der Waals surface area contributed by atoms with E-state index in [4.69, 9.17) is 0 Å². The maximum Gasteiger partial charge on any atom is 0.261 e. The molecule has 2 N–H and O–H groups in total. The summed E-state index contributed by atoms with van der Waals surface area (Å²) >= 11 is 1.47. The summed E-state index contributed by atoms with van der Waals surface area (Å²) in [5.74, 6) is 0.0319. The van der Waals surface area contributed by atoms with Crippen molar-refractivity contribution in [2.24, 2.45) is 0 Å². The maximum atomic E-state index is 11.6. The second kappa shape index (κ2) is 6.68. The first-order valence-electron chi connectivity index (χ1n) is 5.06. The molecule has 2 heterocycles. The zero-order chi connectivity index (χ0) is 10.5. The van der Waals surface area contributed by atoms with Crippen LogP contribution >= 0.6 is 23.7 Å². The predicted octanol–water partition coefficient (Wildman–Crippen LogP) is 1.82. The van der Waals surface area contributed by atoms with E-state index in [-0.39, 0.29) is 18.3 Å². The van der Waals surface area contributed by atoms with Gasteiger partial charge in [0.25, 0.3) is 5.91 Å². The van der Waals surface area contributed by atoms with Crippen molar-refractivity contribution < 1.29 is 4.79 Å². The molecule has 16 heavy (non-hydrogen) atoms. The number of nitrogens with one attached hydrogen (secondary N) is 2. The second-order valence-electron chi connectivity index (χ2n) is 3.48. The minimum Gasteiger partial charge on any atom is -0.348 e. The van der Waals surface area contributed by atoms with Gasteiger partial charge in [-0.2, -0.15) is 0 Å². The van der Waals surface area contributed by atoms with Crippen LogP contribution in [0.1, 0.15) is 16.1 Å². The van der Waals surface area contributed by atoms with Crippen LogP contribution in [0, 0.1) is 0 Å². The molecule has 0 radical (unpaired) electrons. The summed E-state index contributed by atoms with van der Waals surface area (Å²) < 4.78 is 0. The molecular formula is C11H15ClN2OS. The normalized spacial score (nSPS) is 14.9. The van der Waals surface area contributed by atoms with Gasteiger partial charge < -0.3 is 10.6 Å². The molecule has 0 saturated heterocycles. The molecule has 1 aliphatic heterocycles. The molecule has 5 heteroatoms. The van der Waals surface area contributed by atoms with Gasteiger partial charge in [-0.15, -0.1) is 23.7 Å². The molecule has 1 aliphatic rings. The number of carbonyl (C=O) groups excluding carboxylic acids is 1. The lowest BCUT2D eigenvalue weighted by Gasteiger charge is -2.14. The van der Waals surface area contributed by atoms with Crippen molar-refractivity contribution in [2.75, 3.05) is 19.6 Å². The second-order valence-corrected chi connectivity index (χ2v) is 4.42. The van der Waals surface area contributed by atoms with Gasteiger partial charge in [0.1, 0.15) is 0 Å². The van der Waals surface area contributed by atoms with Gasteiger partial charge in [-0.25, -0.2) is 0 Å². The minimum absolute atomic E-state index is 0. The fourth-order valence-electron chi connectivity index (χ4n) is 1.52. The van der Waals surface area contributed by atoms with Gasteiger partial charge in [-0.1, -0.05) is 17.7 Å². The molecule has 1 amide bonds. The largest absolute Gasteiger partial charge is 0.348 e. The molecule has 0 bridgehead atoms. The van der Waals surface area contributed by atoms with Gasteiger partial charge in [0.05, 0.1) is 4.88 Å². The third-order valence-corrected chi connectivity index (χ3v) is 3.25. The highest BCUT2D eigenvalue weighted by atomic mass is 35.5. The molecule has 0 atom stereocenters. The number of hydrogen-bond donors (Lipinski definition) is 2. The smallest absolute Gasteiger partial charge is 0.261 e. The summed E-state index contributed by atoms with van der Waals surface area (Å²) in [7, 11) is 0. The number of halogens is 1. The summed E-state index contributed by atoms with van der Waals surface area (Å²) in [6.45, 7) is 2.61. The van der Waals surface area contributed by atoms with Crippen molar-refractivity contribution in [1.29, 1.82) is 0 Å². The van der Waals surface area contributed by atoms with E-state index in [0.29, 0.717) is 6.54 Å². The van der Waals surface area contributed by atoms with E-state index in [2.05, 4.69) is 16.7 Å². The molecule has 0 fully saturated rings. The fourth-order valence-corrected chi connectivity index (χ4v) is 2.16. The third kappa shape index (κ3) is 3.63. The SMILES string of the molecule is Cl.O=C(NCC1=CCNCC1)c1cccs1. The van der Waals surface area contributed by atoms with Crippen molar-refractivity contribution in [2.45, 2.75) is 6.42 Å². The van der Waals surface area contributed by atoms with Gasteiger partial charge in [-0.3, -0.25) is 4.79 Å². The molecule has 0 spiro atoms. The first-order chi connectivity index (χ1) is 7.36. The number of amides is 1. The molecule has 1 aromatic heterocycles. The topological polar surface area (TPSA) is 41.1 Å². The molecular weight excluding hydrogens is 244 g/mol. The van der Waals surface area contributed by atoms with Crippen molar-refractivity contribution in [3.63, 3.8) is 0 Å². The van der Waals surface area contributed by atoms with Gasteiger partial charge in [0, 0.05) is 13.1 Å². The van der Waals surface area contributed by atoms with Gasteiger partial charge in [0.15, 0.2) is 0 Å². The monoisotopic (exact) mass is 258 g/mol. The van der Waals surface area contributed by atoms with Crippen LogP contribution in [0.25, 0.3) is 0 Å². The Labute approximate surface area is 105 Å². The Morgan fingerprint density at radius 1 is 1.56 bits per heavy atom. The lowest BCUT2D eigenvalue weighted by molar-refractivity contribution is 0.0960. The molecule has 1 aromatic rings. The van der Waals surface area contributed by atoms with E-state index in [9.17, 15) is 4.79 Å². The van der Waals surface area contributed by atoms with Crippen LogP contribution in [-0.4, -0.2) is 25.5 Å². The third-order valence-electron chi connectivity index (χ3n) is 2.38. The lowest BCUT2D eigenvalue weighted by Crippen LogP contribution is -2.29. The predicted molar refractivity (Wildman–Crippen MR) is 69.5 cm³/mol. The highest BCUT2D eigenvalue weighted by Crippen LogP contribution is 2.08. The molecule has 0 aliphatic carbocycles. The Kier molecular flexibility index (Phi) is 5.52. The zero-order valence-electron chi connectivity index (χ0n) is 8.86. The van der Waals surface area contributed by atoms with E-state index in [1.165, 1.54) is 16.9 Å². The molecule has 88 valence electrons. The average Bonchev–Trinajstić information content (AvgIpc) is 2.81. The Hall–Kier alpha value is -0.840. The van der Waals surface area contributed by atoms with Crippen LogP contribution in [0.3, 0.4) is 0 Å². The van der Waals surface area contributed by atoms with Crippen molar-refractivity contribution in [3.05, 3.63) is 34.0 Å². The van der Waals surface area contributed by atoms with Gasteiger partial charge in [0.2, 0.25) is 0 Å². The number of carbonyl (C=O) groups is 1. The molecule has 3 nitrogen and oxygen atoms in total. The highest BCUT2D eigenvalue weighted by Gasteiger charge is 2.07. The van der Waals surface area contributed by atoms with Crippen molar-refractivity contribution >= 4 is 29.7 Å². The maximum absolute atomic E-state index is 11.6. The summed E-state index contributed by atoms with van der Waals surface area (Å²) in [5.41, 5.74) is 1.32. The Balaban J connectivity index is 0.00000128. The molecule has 2 rings (SSSR count). The molecule has 0 saturated carbocycles. The van der Waals surface area contributed by atoms with E-state index in [1.807, 2.05) is 17.5 Å². The Morgan fingerprint density at radius 2 is 2.44 bits per heavy atom. The average molecular weight is 259 g/mol. The van der Waals surface area contributed by atoms with Crippen LogP contribution in [0.15, 0.2) is 29.2 Å². The highest BCUT2D eigenvalue weighted by molar-refractivity contribution is 7.12. The first kappa shape index (κ1) is 13.2. The van der Waals surface area contributed by atoms with E-state index < -0.39 is 0 Å². The van der Waals surface area contributed by atoms with Gasteiger partial charge in [-0.05, 0) is 24.4 Å². The van der Waals surface area contributed by atoms with Crippen LogP contribution in [0.2, 0.25) is 0 Å². The number of rotatable bonds is 3. The van der Waals surface area contributed by atoms with E-state index >= 15 is 0 Å². The quantitative estimate of drug-likeness (QED) is 0.812. The van der Waals surface area contributed by atoms with Crippen LogP contribution in [0.4, 0.5) is 0 Å². The Bertz CT molecular complexity index is 362. The minimum atomic E-state index is 0. The summed E-state index contributed by atoms with van der Waals surface area (Å²) in [6, 6.07) is 3.74. The standard InChI is InChI=1S/C11H14N2OS.ClH/c14-11(10-2-1-7-15-10)13-8-9-3-5-12-6-4-9;/h1-3,7,12H,4-6,8H2,(H,13,14);1H. The summed E-state index contributed by atoms with van der Waals surface area (Å²) in [6.07, 6.45) is 3.18. The van der Waals surface area contributed by atoms with Crippen molar-refractivity contribution in [1.82, 2.24) is 10.6 Å². The molecule has 0 unspecified atom stereocenters. The Morgan fingerprint density at radius 3 is 3.06 bits per heavy atom. The number of hydrogen-bond acceptors (Lipinski definition) is 3. The first-order valence-corrected chi connectivity index (χ1v) is 5.94.